The van der Waals surface area contributed by atoms with Crippen molar-refractivity contribution in [3.8, 4) is 11.5 Å². The van der Waals surface area contributed by atoms with Gasteiger partial charge in [0.05, 0.1) is 23.2 Å². The molecule has 2 aliphatic rings. The van der Waals surface area contributed by atoms with Gasteiger partial charge in [-0.15, -0.1) is 11.3 Å². The van der Waals surface area contributed by atoms with Gasteiger partial charge in [-0.25, -0.2) is 5.01 Å². The van der Waals surface area contributed by atoms with Gasteiger partial charge in [0, 0.05) is 18.2 Å². The average molecular weight is 377 g/mol. The molecule has 0 radical (unpaired) electrons. The Bertz CT molecular complexity index is 972. The number of thiophene rings is 1. The number of aromatic nitrogens is 1. The molecule has 2 atom stereocenters. The van der Waals surface area contributed by atoms with Crippen LogP contribution in [0.4, 0.5) is 0 Å². The molecule has 0 N–H and O–H groups in total. The van der Waals surface area contributed by atoms with E-state index in [1.165, 1.54) is 4.88 Å². The molecule has 0 amide bonds. The van der Waals surface area contributed by atoms with E-state index in [9.17, 15) is 0 Å². The van der Waals surface area contributed by atoms with Gasteiger partial charge in [-0.05, 0) is 36.6 Å². The Labute approximate surface area is 161 Å². The normalized spacial score (nSPS) is 20.5. The molecule has 0 bridgehead atoms. The maximum absolute atomic E-state index is 6.42. The summed E-state index contributed by atoms with van der Waals surface area (Å²) < 4.78 is 12.3. The first-order valence-electron chi connectivity index (χ1n) is 9.08. The van der Waals surface area contributed by atoms with Gasteiger partial charge in [0.2, 0.25) is 6.23 Å². The zero-order valence-electron chi connectivity index (χ0n) is 14.9. The summed E-state index contributed by atoms with van der Waals surface area (Å²) in [7, 11) is 0. The van der Waals surface area contributed by atoms with E-state index in [4.69, 9.17) is 14.6 Å². The van der Waals surface area contributed by atoms with Crippen LogP contribution in [0.5, 0.6) is 11.5 Å². The lowest BCUT2D eigenvalue weighted by atomic mass is 9.98. The van der Waals surface area contributed by atoms with Crippen LogP contribution < -0.4 is 9.47 Å². The fourth-order valence-electron chi connectivity index (χ4n) is 3.66. The quantitative estimate of drug-likeness (QED) is 0.656. The second-order valence-corrected chi connectivity index (χ2v) is 7.40. The lowest BCUT2D eigenvalue weighted by Gasteiger charge is -2.38. The number of nitrogens with zero attached hydrogens (tertiary/aromatic N) is 3. The third-order valence-electron chi connectivity index (χ3n) is 4.83. The van der Waals surface area contributed by atoms with Crippen molar-refractivity contribution in [1.29, 1.82) is 0 Å². The minimum atomic E-state index is -0.372. The first-order valence-corrected chi connectivity index (χ1v) is 9.96. The number of hydrazone groups is 1. The SMILES string of the molecule is CCOc1cccc2c1O[C@@H](c1ccccn1)N1N=C(c3cccs3)C[C@H]21. The molecule has 0 aliphatic carbocycles. The summed E-state index contributed by atoms with van der Waals surface area (Å²) in [5.41, 5.74) is 3.05. The van der Waals surface area contributed by atoms with Gasteiger partial charge in [-0.3, -0.25) is 4.98 Å². The minimum absolute atomic E-state index is 0.110. The van der Waals surface area contributed by atoms with E-state index < -0.39 is 0 Å². The summed E-state index contributed by atoms with van der Waals surface area (Å²) in [6.07, 6.45) is 2.26. The van der Waals surface area contributed by atoms with Crippen LogP contribution in [0.25, 0.3) is 0 Å². The van der Waals surface area contributed by atoms with Crippen molar-refractivity contribution in [2.45, 2.75) is 25.6 Å². The second kappa shape index (κ2) is 6.70. The zero-order chi connectivity index (χ0) is 18.2. The van der Waals surface area contributed by atoms with Crippen LogP contribution in [0.2, 0.25) is 0 Å². The molecule has 0 saturated heterocycles. The van der Waals surface area contributed by atoms with Crippen molar-refractivity contribution >= 4 is 17.0 Å². The number of rotatable bonds is 4. The third kappa shape index (κ3) is 2.77. The maximum atomic E-state index is 6.42. The van der Waals surface area contributed by atoms with Gasteiger partial charge in [0.15, 0.2) is 11.5 Å². The van der Waals surface area contributed by atoms with E-state index in [1.54, 1.807) is 17.5 Å². The number of benzene rings is 1. The molecular weight excluding hydrogens is 358 g/mol. The van der Waals surface area contributed by atoms with Gasteiger partial charge < -0.3 is 9.47 Å². The number of pyridine rings is 1. The fraction of sp³-hybridized carbons (Fsp3) is 0.238. The molecule has 0 fully saturated rings. The summed E-state index contributed by atoms with van der Waals surface area (Å²) in [6, 6.07) is 16.3. The highest BCUT2D eigenvalue weighted by Gasteiger charge is 2.42. The number of fused-ring (bicyclic) bond motifs is 3. The third-order valence-corrected chi connectivity index (χ3v) is 5.75. The van der Waals surface area contributed by atoms with Crippen molar-refractivity contribution in [3.63, 3.8) is 0 Å². The molecular formula is C21H19N3O2S. The highest BCUT2D eigenvalue weighted by atomic mass is 32.1. The Morgan fingerprint density at radius 3 is 2.93 bits per heavy atom. The Morgan fingerprint density at radius 2 is 2.15 bits per heavy atom. The van der Waals surface area contributed by atoms with Crippen LogP contribution >= 0.6 is 11.3 Å². The van der Waals surface area contributed by atoms with Crippen molar-refractivity contribution in [3.05, 3.63) is 76.2 Å². The van der Waals surface area contributed by atoms with E-state index in [-0.39, 0.29) is 12.3 Å². The summed E-state index contributed by atoms with van der Waals surface area (Å²) in [5, 5.41) is 9.08. The fourth-order valence-corrected chi connectivity index (χ4v) is 4.38. The Morgan fingerprint density at radius 1 is 1.19 bits per heavy atom. The van der Waals surface area contributed by atoms with Crippen molar-refractivity contribution in [2.75, 3.05) is 6.61 Å². The lowest BCUT2D eigenvalue weighted by molar-refractivity contribution is -0.0240. The van der Waals surface area contributed by atoms with E-state index in [1.807, 2.05) is 37.3 Å². The van der Waals surface area contributed by atoms with Crippen molar-refractivity contribution in [1.82, 2.24) is 9.99 Å². The number of para-hydroxylation sites is 1. The molecule has 5 rings (SSSR count). The van der Waals surface area contributed by atoms with Crippen molar-refractivity contribution < 1.29 is 9.47 Å². The Kier molecular flexibility index (Phi) is 4.05. The summed E-state index contributed by atoms with van der Waals surface area (Å²) >= 11 is 1.72. The Hall–Kier alpha value is -2.86. The van der Waals surface area contributed by atoms with Gasteiger partial charge in [0.1, 0.15) is 5.69 Å². The van der Waals surface area contributed by atoms with Gasteiger partial charge in [-0.1, -0.05) is 24.3 Å². The van der Waals surface area contributed by atoms with Crippen LogP contribution in [-0.4, -0.2) is 22.3 Å². The number of hydrogen-bond acceptors (Lipinski definition) is 6. The predicted octanol–water partition coefficient (Wildman–Crippen LogP) is 4.78. The van der Waals surface area contributed by atoms with Crippen LogP contribution in [0.1, 0.15) is 41.7 Å². The standard InChI is InChI=1S/C21H19N3O2S/c1-2-25-18-9-5-7-14-17-13-16(19-10-6-12-27-19)23-24(17)21(26-20(14)18)15-8-3-4-11-22-15/h3-12,17,21H,2,13H2,1H3/t17-,21+/m1/s1. The molecule has 2 aliphatic heterocycles. The first kappa shape index (κ1) is 16.3. The van der Waals surface area contributed by atoms with E-state index in [0.717, 1.165) is 34.9 Å². The number of ether oxygens (including phenoxy) is 2. The van der Waals surface area contributed by atoms with Crippen LogP contribution in [0.3, 0.4) is 0 Å². The number of hydrogen-bond donors (Lipinski definition) is 0. The van der Waals surface area contributed by atoms with Gasteiger partial charge in [-0.2, -0.15) is 5.10 Å². The first-order chi connectivity index (χ1) is 13.3. The largest absolute Gasteiger partial charge is 0.490 e. The maximum Gasteiger partial charge on any atom is 0.230 e. The summed E-state index contributed by atoms with van der Waals surface area (Å²) in [6.45, 7) is 2.58. The molecule has 136 valence electrons. The molecule has 1 aromatic carbocycles. The minimum Gasteiger partial charge on any atom is -0.490 e. The summed E-state index contributed by atoms with van der Waals surface area (Å²) in [5.74, 6) is 1.58. The molecule has 6 heteroatoms. The molecule has 0 spiro atoms. The van der Waals surface area contributed by atoms with E-state index in [0.29, 0.717) is 6.61 Å². The van der Waals surface area contributed by atoms with Crippen molar-refractivity contribution in [2.24, 2.45) is 5.10 Å². The second-order valence-electron chi connectivity index (χ2n) is 6.46. The molecule has 0 unspecified atom stereocenters. The van der Waals surface area contributed by atoms with Crippen LogP contribution in [-0.2, 0) is 0 Å². The molecule has 27 heavy (non-hydrogen) atoms. The van der Waals surface area contributed by atoms with Gasteiger partial charge in [0.25, 0.3) is 0 Å². The molecule has 4 heterocycles. The molecule has 0 saturated carbocycles. The van der Waals surface area contributed by atoms with Crippen LogP contribution in [0, 0.1) is 0 Å². The summed E-state index contributed by atoms with van der Waals surface area (Å²) in [4.78, 5) is 5.73. The monoisotopic (exact) mass is 377 g/mol. The topological polar surface area (TPSA) is 47.0 Å². The highest BCUT2D eigenvalue weighted by molar-refractivity contribution is 7.12. The Balaban J connectivity index is 1.62. The predicted molar refractivity (Wildman–Crippen MR) is 105 cm³/mol. The zero-order valence-corrected chi connectivity index (χ0v) is 15.7. The average Bonchev–Trinajstić information content (AvgIpc) is 3.38. The molecule has 2 aromatic heterocycles. The van der Waals surface area contributed by atoms with E-state index >= 15 is 0 Å². The van der Waals surface area contributed by atoms with E-state index in [2.05, 4.69) is 33.6 Å². The highest BCUT2D eigenvalue weighted by Crippen LogP contribution is 2.50. The van der Waals surface area contributed by atoms with Gasteiger partial charge >= 0.3 is 0 Å². The smallest absolute Gasteiger partial charge is 0.230 e. The van der Waals surface area contributed by atoms with Crippen LogP contribution in [0.15, 0.2) is 65.2 Å². The molecule has 5 nitrogen and oxygen atoms in total. The molecule has 3 aromatic rings. The lowest BCUT2D eigenvalue weighted by Crippen LogP contribution is -2.34.